The molecule has 0 saturated carbocycles. The Morgan fingerprint density at radius 1 is 1.00 bits per heavy atom. The molecule has 0 radical (unpaired) electrons. The quantitative estimate of drug-likeness (QED) is 0.358. The van der Waals surface area contributed by atoms with Crippen molar-refractivity contribution in [3.8, 4) is 0 Å². The van der Waals surface area contributed by atoms with Crippen LogP contribution in [0.15, 0.2) is 12.2 Å². The van der Waals surface area contributed by atoms with Gasteiger partial charge < -0.3 is 15.5 Å². The molecule has 1 amide bonds. The van der Waals surface area contributed by atoms with E-state index in [1.165, 1.54) is 38.2 Å². The Morgan fingerprint density at radius 3 is 2.14 bits per heavy atom. The molecule has 0 heterocycles. The average Bonchev–Trinajstić information content (AvgIpc) is 2.44. The van der Waals surface area contributed by atoms with Crippen LogP contribution in [0.25, 0.3) is 0 Å². The molecule has 6 heteroatoms. The second kappa shape index (κ2) is 12.9. The van der Waals surface area contributed by atoms with E-state index in [9.17, 15) is 14.4 Å². The summed E-state index contributed by atoms with van der Waals surface area (Å²) in [6, 6.07) is -1.40. The highest BCUT2D eigenvalue weighted by molar-refractivity contribution is 5.92. The van der Waals surface area contributed by atoms with Gasteiger partial charge in [0.05, 0.1) is 6.42 Å². The van der Waals surface area contributed by atoms with Crippen molar-refractivity contribution in [2.45, 2.75) is 70.8 Å². The molecular formula is C16H27NO5. The van der Waals surface area contributed by atoms with Crippen LogP contribution in [-0.4, -0.2) is 34.1 Å². The maximum Gasteiger partial charge on any atom is 0.326 e. The Kier molecular flexibility index (Phi) is 11.8. The lowest BCUT2D eigenvalue weighted by molar-refractivity contribution is -0.146. The first-order chi connectivity index (χ1) is 10.5. The van der Waals surface area contributed by atoms with Crippen molar-refractivity contribution in [2.75, 3.05) is 0 Å². The minimum atomic E-state index is -1.40. The number of carboxylic acid groups (broad SMARTS) is 2. The zero-order chi connectivity index (χ0) is 16.8. The number of allylic oxidation sites excluding steroid dienone is 1. The van der Waals surface area contributed by atoms with Crippen molar-refractivity contribution in [3.05, 3.63) is 12.2 Å². The molecule has 0 rings (SSSR count). The van der Waals surface area contributed by atoms with E-state index in [0.717, 1.165) is 19.3 Å². The van der Waals surface area contributed by atoms with Gasteiger partial charge in [-0.15, -0.1) is 0 Å². The summed E-state index contributed by atoms with van der Waals surface area (Å²) in [7, 11) is 0. The van der Waals surface area contributed by atoms with Crippen LogP contribution in [0, 0.1) is 0 Å². The zero-order valence-corrected chi connectivity index (χ0v) is 13.2. The largest absolute Gasteiger partial charge is 0.481 e. The number of carbonyl (C=O) groups is 3. The highest BCUT2D eigenvalue weighted by Gasteiger charge is 2.21. The van der Waals surface area contributed by atoms with Gasteiger partial charge in [0.25, 0.3) is 0 Å². The van der Waals surface area contributed by atoms with E-state index in [1.54, 1.807) is 6.08 Å². The number of aliphatic carboxylic acids is 2. The number of carbonyl (C=O) groups excluding carboxylic acids is 1. The summed E-state index contributed by atoms with van der Waals surface area (Å²) < 4.78 is 0. The number of unbranched alkanes of at least 4 members (excludes halogenated alkanes) is 7. The normalized spacial score (nSPS) is 12.2. The topological polar surface area (TPSA) is 104 Å². The first-order valence-corrected chi connectivity index (χ1v) is 7.89. The second-order valence-electron chi connectivity index (χ2n) is 5.31. The molecule has 126 valence electrons. The number of nitrogens with one attached hydrogen (secondary N) is 1. The molecule has 1 atom stereocenters. The Labute approximate surface area is 131 Å². The van der Waals surface area contributed by atoms with Crippen molar-refractivity contribution in [1.29, 1.82) is 0 Å². The number of amides is 1. The van der Waals surface area contributed by atoms with E-state index in [2.05, 4.69) is 12.2 Å². The standard InChI is InChI=1S/C16H27NO5/c1-2-3-4-5-6-7-8-9-10-11-14(18)17-13(16(21)22)12-15(19)20/h10-11,13H,2-9,12H2,1H3,(H,17,18)(H,19,20)(H,21,22)/t13-/m0/s1. The van der Waals surface area contributed by atoms with Crippen LogP contribution in [0.3, 0.4) is 0 Å². The fourth-order valence-corrected chi connectivity index (χ4v) is 2.00. The van der Waals surface area contributed by atoms with E-state index in [-0.39, 0.29) is 0 Å². The molecule has 0 spiro atoms. The van der Waals surface area contributed by atoms with Crippen LogP contribution in [0.5, 0.6) is 0 Å². The molecule has 6 nitrogen and oxygen atoms in total. The summed E-state index contributed by atoms with van der Waals surface area (Å²) in [5.41, 5.74) is 0. The van der Waals surface area contributed by atoms with Gasteiger partial charge in [-0.3, -0.25) is 9.59 Å². The zero-order valence-electron chi connectivity index (χ0n) is 13.2. The second-order valence-corrected chi connectivity index (χ2v) is 5.31. The van der Waals surface area contributed by atoms with Crippen molar-refractivity contribution in [2.24, 2.45) is 0 Å². The SMILES string of the molecule is CCCCCCCCCC=CC(=O)N[C@@H](CC(=O)O)C(=O)O. The highest BCUT2D eigenvalue weighted by atomic mass is 16.4. The highest BCUT2D eigenvalue weighted by Crippen LogP contribution is 2.08. The van der Waals surface area contributed by atoms with E-state index >= 15 is 0 Å². The molecule has 22 heavy (non-hydrogen) atoms. The van der Waals surface area contributed by atoms with E-state index in [0.29, 0.717) is 0 Å². The first-order valence-electron chi connectivity index (χ1n) is 7.89. The summed E-state index contributed by atoms with van der Waals surface area (Å²) in [6.07, 6.45) is 11.4. The maximum absolute atomic E-state index is 11.5. The molecule has 0 unspecified atom stereocenters. The minimum absolute atomic E-state index is 0.573. The summed E-state index contributed by atoms with van der Waals surface area (Å²) in [4.78, 5) is 32.8. The maximum atomic E-state index is 11.5. The Balaban J connectivity index is 3.81. The van der Waals surface area contributed by atoms with Crippen LogP contribution in [0.4, 0.5) is 0 Å². The van der Waals surface area contributed by atoms with Gasteiger partial charge in [-0.05, 0) is 18.9 Å². The smallest absolute Gasteiger partial charge is 0.326 e. The van der Waals surface area contributed by atoms with Crippen molar-refractivity contribution in [3.63, 3.8) is 0 Å². The summed E-state index contributed by atoms with van der Waals surface area (Å²) >= 11 is 0. The Morgan fingerprint density at radius 2 is 1.59 bits per heavy atom. The number of carboxylic acids is 2. The lowest BCUT2D eigenvalue weighted by Crippen LogP contribution is -2.41. The van der Waals surface area contributed by atoms with Crippen molar-refractivity contribution in [1.82, 2.24) is 5.32 Å². The van der Waals surface area contributed by atoms with Gasteiger partial charge in [-0.1, -0.05) is 51.5 Å². The average molecular weight is 313 g/mol. The van der Waals surface area contributed by atoms with Crippen LogP contribution in [0.2, 0.25) is 0 Å². The van der Waals surface area contributed by atoms with E-state index in [4.69, 9.17) is 10.2 Å². The molecule has 0 aromatic heterocycles. The summed E-state index contributed by atoms with van der Waals surface area (Å²) in [5, 5.41) is 19.5. The third kappa shape index (κ3) is 11.9. The van der Waals surface area contributed by atoms with Crippen LogP contribution in [-0.2, 0) is 14.4 Å². The Hall–Kier alpha value is -1.85. The number of hydrogen-bond acceptors (Lipinski definition) is 3. The molecule has 0 aliphatic rings. The molecule has 0 aromatic carbocycles. The third-order valence-electron chi connectivity index (χ3n) is 3.24. The number of hydrogen-bond donors (Lipinski definition) is 3. The predicted octanol–water partition coefficient (Wildman–Crippen LogP) is 2.73. The molecule has 0 saturated heterocycles. The number of rotatable bonds is 13. The Bertz CT molecular complexity index is 379. The molecule has 3 N–H and O–H groups in total. The fourth-order valence-electron chi connectivity index (χ4n) is 2.00. The fraction of sp³-hybridized carbons (Fsp3) is 0.688. The van der Waals surface area contributed by atoms with Gasteiger partial charge in [0, 0.05) is 0 Å². The van der Waals surface area contributed by atoms with Crippen molar-refractivity contribution < 1.29 is 24.6 Å². The van der Waals surface area contributed by atoms with Gasteiger partial charge in [-0.25, -0.2) is 4.79 Å². The minimum Gasteiger partial charge on any atom is -0.481 e. The predicted molar refractivity (Wildman–Crippen MR) is 83.6 cm³/mol. The summed E-state index contributed by atoms with van der Waals surface area (Å²) in [6.45, 7) is 2.18. The van der Waals surface area contributed by atoms with Gasteiger partial charge in [0.2, 0.25) is 5.91 Å². The van der Waals surface area contributed by atoms with Gasteiger partial charge in [0.1, 0.15) is 6.04 Å². The van der Waals surface area contributed by atoms with Crippen LogP contribution in [0.1, 0.15) is 64.7 Å². The molecule has 0 aliphatic heterocycles. The lowest BCUT2D eigenvalue weighted by Gasteiger charge is -2.10. The molecule has 0 fully saturated rings. The van der Waals surface area contributed by atoms with Gasteiger partial charge >= 0.3 is 11.9 Å². The van der Waals surface area contributed by atoms with Crippen LogP contribution >= 0.6 is 0 Å². The third-order valence-corrected chi connectivity index (χ3v) is 3.24. The van der Waals surface area contributed by atoms with Crippen molar-refractivity contribution >= 4 is 17.8 Å². The molecular weight excluding hydrogens is 286 g/mol. The molecule has 0 bridgehead atoms. The van der Waals surface area contributed by atoms with E-state index < -0.39 is 30.3 Å². The summed E-state index contributed by atoms with van der Waals surface area (Å²) in [5.74, 6) is -3.19. The van der Waals surface area contributed by atoms with Gasteiger partial charge in [-0.2, -0.15) is 0 Å². The van der Waals surface area contributed by atoms with E-state index in [1.807, 2.05) is 0 Å². The van der Waals surface area contributed by atoms with Crippen LogP contribution < -0.4 is 5.32 Å². The lowest BCUT2D eigenvalue weighted by atomic mass is 10.1. The molecule has 0 aliphatic carbocycles. The molecule has 0 aromatic rings. The first kappa shape index (κ1) is 20.1. The monoisotopic (exact) mass is 313 g/mol. The van der Waals surface area contributed by atoms with Gasteiger partial charge in [0.15, 0.2) is 0 Å².